The number of aliphatic imine (C=N–C) groups is 1. The van der Waals surface area contributed by atoms with Gasteiger partial charge in [0.2, 0.25) is 11.8 Å². The molecule has 116 valence electrons. The number of nitrogens with one attached hydrogen (secondary N) is 1. The minimum absolute atomic E-state index is 0.0110. The molecule has 0 aromatic heterocycles. The fourth-order valence-electron chi connectivity index (χ4n) is 2.39. The van der Waals surface area contributed by atoms with Crippen molar-refractivity contribution in [1.82, 2.24) is 4.90 Å². The summed E-state index contributed by atoms with van der Waals surface area (Å²) in [6.45, 7) is 3.83. The lowest BCUT2D eigenvalue weighted by Gasteiger charge is -2.10. The van der Waals surface area contributed by atoms with Crippen molar-refractivity contribution in [3.63, 3.8) is 0 Å². The Balaban J connectivity index is 1.55. The van der Waals surface area contributed by atoms with E-state index in [4.69, 9.17) is 4.74 Å². The Labute approximate surface area is 132 Å². The molecule has 3 rings (SSSR count). The van der Waals surface area contributed by atoms with Crippen LogP contribution in [0.4, 0.5) is 5.69 Å². The molecule has 2 aliphatic rings. The third kappa shape index (κ3) is 3.09. The first-order chi connectivity index (χ1) is 10.7. The Morgan fingerprint density at radius 1 is 1.45 bits per heavy atom. The topological polar surface area (TPSA) is 71.0 Å². The molecule has 0 saturated carbocycles. The second kappa shape index (κ2) is 6.39. The van der Waals surface area contributed by atoms with Crippen molar-refractivity contribution in [2.75, 3.05) is 25.0 Å². The van der Waals surface area contributed by atoms with E-state index < -0.39 is 0 Å². The molecule has 2 aliphatic heterocycles. The summed E-state index contributed by atoms with van der Waals surface area (Å²) in [6, 6.07) is 7.18. The number of thioether (sulfide) groups is 1. The summed E-state index contributed by atoms with van der Waals surface area (Å²) in [5, 5.41) is 3.20. The highest BCUT2D eigenvalue weighted by Crippen LogP contribution is 2.31. The molecule has 1 N–H and O–H groups in total. The number of benzene rings is 1. The molecule has 6 nitrogen and oxygen atoms in total. The Hall–Kier alpha value is -2.02. The van der Waals surface area contributed by atoms with Crippen LogP contribution in [-0.4, -0.2) is 46.8 Å². The third-order valence-electron chi connectivity index (χ3n) is 3.41. The summed E-state index contributed by atoms with van der Waals surface area (Å²) >= 11 is 1.38. The van der Waals surface area contributed by atoms with Crippen LogP contribution in [0, 0.1) is 0 Å². The van der Waals surface area contributed by atoms with Gasteiger partial charge in [-0.05, 0) is 31.2 Å². The van der Waals surface area contributed by atoms with Crippen LogP contribution in [0.25, 0.3) is 0 Å². The highest BCUT2D eigenvalue weighted by atomic mass is 32.2. The van der Waals surface area contributed by atoms with Crippen LogP contribution < -0.4 is 10.1 Å². The van der Waals surface area contributed by atoms with E-state index in [1.54, 1.807) is 29.2 Å². The van der Waals surface area contributed by atoms with Crippen LogP contribution in [0.1, 0.15) is 13.3 Å². The first-order valence-corrected chi connectivity index (χ1v) is 8.10. The van der Waals surface area contributed by atoms with Gasteiger partial charge in [-0.2, -0.15) is 0 Å². The normalized spacial score (nSPS) is 19.9. The Morgan fingerprint density at radius 2 is 2.23 bits per heavy atom. The molecule has 2 amide bonds. The predicted octanol–water partition coefficient (Wildman–Crippen LogP) is 1.73. The maximum Gasteiger partial charge on any atom is 0.242 e. The molecule has 2 heterocycles. The van der Waals surface area contributed by atoms with Crippen LogP contribution in [0.5, 0.6) is 5.75 Å². The molecule has 1 unspecified atom stereocenters. The van der Waals surface area contributed by atoms with Gasteiger partial charge in [0.15, 0.2) is 5.17 Å². The molecule has 7 heteroatoms. The molecule has 1 aromatic carbocycles. The maximum absolute atomic E-state index is 12.1. The second-order valence-electron chi connectivity index (χ2n) is 4.97. The van der Waals surface area contributed by atoms with E-state index in [2.05, 4.69) is 10.3 Å². The Bertz CT molecular complexity index is 615. The van der Waals surface area contributed by atoms with E-state index in [0.29, 0.717) is 25.4 Å². The van der Waals surface area contributed by atoms with E-state index in [0.717, 1.165) is 10.9 Å². The SMILES string of the molecule is CCOc1ccc(NC(=O)CC2SC3=NCCN3C2=O)cc1. The number of amidine groups is 1. The summed E-state index contributed by atoms with van der Waals surface area (Å²) in [6.07, 6.45) is 0.159. The van der Waals surface area contributed by atoms with Crippen LogP contribution in [0.3, 0.4) is 0 Å². The maximum atomic E-state index is 12.1. The first-order valence-electron chi connectivity index (χ1n) is 7.22. The lowest BCUT2D eigenvalue weighted by atomic mass is 10.2. The molecular formula is C15H17N3O3S. The van der Waals surface area contributed by atoms with Crippen molar-refractivity contribution in [2.45, 2.75) is 18.6 Å². The minimum atomic E-state index is -0.359. The average molecular weight is 319 g/mol. The summed E-state index contributed by atoms with van der Waals surface area (Å²) in [5.74, 6) is 0.584. The Kier molecular flexibility index (Phi) is 4.33. The number of ether oxygens (including phenoxy) is 1. The van der Waals surface area contributed by atoms with Crippen molar-refractivity contribution < 1.29 is 14.3 Å². The number of carbonyl (C=O) groups is 2. The fourth-order valence-corrected chi connectivity index (χ4v) is 3.59. The van der Waals surface area contributed by atoms with Crippen LogP contribution in [0.15, 0.2) is 29.3 Å². The van der Waals surface area contributed by atoms with Crippen LogP contribution in [0.2, 0.25) is 0 Å². The Morgan fingerprint density at radius 3 is 2.91 bits per heavy atom. The fraction of sp³-hybridized carbons (Fsp3) is 0.400. The summed E-state index contributed by atoms with van der Waals surface area (Å²) in [4.78, 5) is 30.1. The number of hydrogen-bond donors (Lipinski definition) is 1. The number of anilines is 1. The molecule has 1 atom stereocenters. The molecule has 0 bridgehead atoms. The summed E-state index contributed by atoms with van der Waals surface area (Å²) < 4.78 is 5.35. The number of carbonyl (C=O) groups excluding carboxylic acids is 2. The van der Waals surface area contributed by atoms with Gasteiger partial charge in [0.05, 0.1) is 13.2 Å². The minimum Gasteiger partial charge on any atom is -0.494 e. The van der Waals surface area contributed by atoms with Gasteiger partial charge in [-0.3, -0.25) is 19.5 Å². The van der Waals surface area contributed by atoms with Gasteiger partial charge in [0.25, 0.3) is 0 Å². The number of nitrogens with zero attached hydrogens (tertiary/aromatic N) is 2. The average Bonchev–Trinajstić information content (AvgIpc) is 3.06. The van der Waals surface area contributed by atoms with Crippen LogP contribution >= 0.6 is 11.8 Å². The van der Waals surface area contributed by atoms with Gasteiger partial charge < -0.3 is 10.1 Å². The molecule has 0 aliphatic carbocycles. The monoisotopic (exact) mass is 319 g/mol. The molecule has 0 radical (unpaired) electrons. The standard InChI is InChI=1S/C15H17N3O3S/c1-2-21-11-5-3-10(4-6-11)17-13(19)9-12-14(20)18-8-7-16-15(18)22-12/h3-6,12H,2,7-9H2,1H3,(H,17,19). The van der Waals surface area contributed by atoms with E-state index >= 15 is 0 Å². The van der Waals surface area contributed by atoms with Gasteiger partial charge >= 0.3 is 0 Å². The summed E-state index contributed by atoms with van der Waals surface area (Å²) in [5.41, 5.74) is 0.696. The zero-order valence-electron chi connectivity index (χ0n) is 12.2. The molecule has 1 fully saturated rings. The first kappa shape index (κ1) is 14.9. The van der Waals surface area contributed by atoms with Gasteiger partial charge in [-0.1, -0.05) is 11.8 Å². The van der Waals surface area contributed by atoms with Crippen molar-refractivity contribution in [3.8, 4) is 5.75 Å². The van der Waals surface area contributed by atoms with Crippen molar-refractivity contribution in [1.29, 1.82) is 0 Å². The highest BCUT2D eigenvalue weighted by Gasteiger charge is 2.40. The van der Waals surface area contributed by atoms with Gasteiger partial charge in [-0.15, -0.1) is 0 Å². The second-order valence-corrected chi connectivity index (χ2v) is 6.14. The summed E-state index contributed by atoms with van der Waals surface area (Å²) in [7, 11) is 0. The zero-order valence-corrected chi connectivity index (χ0v) is 13.1. The number of rotatable bonds is 5. The molecule has 22 heavy (non-hydrogen) atoms. The van der Waals surface area contributed by atoms with E-state index in [9.17, 15) is 9.59 Å². The lowest BCUT2D eigenvalue weighted by molar-refractivity contribution is -0.127. The molecule has 1 aromatic rings. The van der Waals surface area contributed by atoms with Gasteiger partial charge in [0.1, 0.15) is 11.0 Å². The largest absolute Gasteiger partial charge is 0.494 e. The van der Waals surface area contributed by atoms with Gasteiger partial charge in [0, 0.05) is 18.7 Å². The predicted molar refractivity (Wildman–Crippen MR) is 86.3 cm³/mol. The molecular weight excluding hydrogens is 302 g/mol. The van der Waals surface area contributed by atoms with Crippen molar-refractivity contribution in [3.05, 3.63) is 24.3 Å². The molecule has 1 saturated heterocycles. The van der Waals surface area contributed by atoms with Crippen molar-refractivity contribution in [2.24, 2.45) is 4.99 Å². The number of amides is 2. The van der Waals surface area contributed by atoms with E-state index in [1.165, 1.54) is 11.8 Å². The number of fused-ring (bicyclic) bond motifs is 1. The van der Waals surface area contributed by atoms with Crippen molar-refractivity contribution >= 4 is 34.4 Å². The number of hydrogen-bond acceptors (Lipinski definition) is 5. The highest BCUT2D eigenvalue weighted by molar-refractivity contribution is 8.15. The van der Waals surface area contributed by atoms with Gasteiger partial charge in [-0.25, -0.2) is 0 Å². The van der Waals surface area contributed by atoms with E-state index in [1.807, 2.05) is 6.92 Å². The van der Waals surface area contributed by atoms with E-state index in [-0.39, 0.29) is 23.5 Å². The lowest BCUT2D eigenvalue weighted by Crippen LogP contribution is -2.32. The smallest absolute Gasteiger partial charge is 0.242 e. The zero-order chi connectivity index (χ0) is 15.5. The quantitative estimate of drug-likeness (QED) is 0.897. The molecule has 0 spiro atoms. The van der Waals surface area contributed by atoms with Crippen LogP contribution in [-0.2, 0) is 9.59 Å². The third-order valence-corrected chi connectivity index (χ3v) is 4.62.